The summed E-state index contributed by atoms with van der Waals surface area (Å²) >= 11 is 0. The van der Waals surface area contributed by atoms with Gasteiger partial charge in [-0.15, -0.1) is 0 Å². The Hall–Kier alpha value is -4.46. The molecule has 3 aromatic rings. The molecule has 1 N–H and O–H groups in total. The fourth-order valence-electron chi connectivity index (χ4n) is 3.28. The van der Waals surface area contributed by atoms with E-state index in [1.807, 2.05) is 30.3 Å². The van der Waals surface area contributed by atoms with Crippen molar-refractivity contribution in [3.05, 3.63) is 95.3 Å². The van der Waals surface area contributed by atoms with E-state index in [2.05, 4.69) is 5.32 Å². The molecule has 4 amide bonds. The van der Waals surface area contributed by atoms with Crippen molar-refractivity contribution in [2.45, 2.75) is 6.61 Å². The molecule has 0 atom stereocenters. The normalized spacial score (nSPS) is 14.9. The Balaban J connectivity index is 1.63. The number of anilines is 1. The monoisotopic (exact) mass is 446 g/mol. The zero-order valence-corrected chi connectivity index (χ0v) is 17.6. The molecule has 0 unspecified atom stereocenters. The van der Waals surface area contributed by atoms with Gasteiger partial charge in [-0.25, -0.2) is 14.1 Å². The largest absolute Gasteiger partial charge is 0.493 e. The predicted octanol–water partition coefficient (Wildman–Crippen LogP) is 4.08. The van der Waals surface area contributed by atoms with Gasteiger partial charge in [-0.3, -0.25) is 14.9 Å². The molecule has 1 aliphatic rings. The molecular formula is C25H19FN2O5. The molecule has 7 nitrogen and oxygen atoms in total. The molecule has 1 heterocycles. The smallest absolute Gasteiger partial charge is 0.335 e. The summed E-state index contributed by atoms with van der Waals surface area (Å²) in [5.41, 5.74) is 1.33. The first-order chi connectivity index (χ1) is 16.0. The molecule has 4 rings (SSSR count). The minimum absolute atomic E-state index is 0.138. The van der Waals surface area contributed by atoms with Gasteiger partial charge in [0, 0.05) is 0 Å². The second-order valence-corrected chi connectivity index (χ2v) is 7.12. The number of carbonyl (C=O) groups is 3. The average molecular weight is 446 g/mol. The summed E-state index contributed by atoms with van der Waals surface area (Å²) < 4.78 is 24.5. The number of halogens is 1. The molecule has 1 saturated heterocycles. The number of ether oxygens (including phenoxy) is 2. The summed E-state index contributed by atoms with van der Waals surface area (Å²) in [4.78, 5) is 38.4. The Morgan fingerprint density at radius 1 is 0.939 bits per heavy atom. The Labute approximate surface area is 189 Å². The highest BCUT2D eigenvalue weighted by Crippen LogP contribution is 2.30. The lowest BCUT2D eigenvalue weighted by molar-refractivity contribution is -0.122. The van der Waals surface area contributed by atoms with Gasteiger partial charge in [0.1, 0.15) is 18.0 Å². The van der Waals surface area contributed by atoms with Crippen molar-refractivity contribution in [1.82, 2.24) is 5.32 Å². The van der Waals surface area contributed by atoms with Gasteiger partial charge in [-0.1, -0.05) is 36.4 Å². The number of nitrogens with zero attached hydrogens (tertiary/aromatic N) is 1. The molecule has 0 spiro atoms. The first-order valence-electron chi connectivity index (χ1n) is 9.98. The van der Waals surface area contributed by atoms with E-state index in [0.717, 1.165) is 22.6 Å². The van der Waals surface area contributed by atoms with Crippen molar-refractivity contribution in [3.63, 3.8) is 0 Å². The highest BCUT2D eigenvalue weighted by Gasteiger charge is 2.36. The van der Waals surface area contributed by atoms with E-state index in [1.165, 1.54) is 25.3 Å². The summed E-state index contributed by atoms with van der Waals surface area (Å²) in [6.07, 6.45) is 1.36. The molecule has 8 heteroatoms. The quantitative estimate of drug-likeness (QED) is 0.456. The standard InChI is InChI=1S/C25H19FN2O5/c1-32-21-12-7-17(14-22(21)33-15-16-5-3-2-4-6-16)13-20-23(29)27-25(31)28(24(20)30)19-10-8-18(26)9-11-19/h2-14H,15H2,1H3,(H,27,29,31)/b20-13+. The van der Waals surface area contributed by atoms with Crippen molar-refractivity contribution in [2.75, 3.05) is 12.0 Å². The van der Waals surface area contributed by atoms with Crippen molar-refractivity contribution in [2.24, 2.45) is 0 Å². The van der Waals surface area contributed by atoms with Gasteiger partial charge in [0.2, 0.25) is 0 Å². The molecule has 1 aliphatic heterocycles. The molecule has 166 valence electrons. The fourth-order valence-corrected chi connectivity index (χ4v) is 3.28. The molecule has 0 aliphatic carbocycles. The molecule has 0 radical (unpaired) electrons. The zero-order valence-electron chi connectivity index (χ0n) is 17.6. The lowest BCUT2D eigenvalue weighted by Gasteiger charge is -2.26. The number of benzene rings is 3. The summed E-state index contributed by atoms with van der Waals surface area (Å²) in [5, 5.41) is 2.14. The van der Waals surface area contributed by atoms with E-state index in [9.17, 15) is 18.8 Å². The topological polar surface area (TPSA) is 84.9 Å². The van der Waals surface area contributed by atoms with E-state index in [4.69, 9.17) is 9.47 Å². The molecular weight excluding hydrogens is 427 g/mol. The van der Waals surface area contributed by atoms with Crippen molar-refractivity contribution in [3.8, 4) is 11.5 Å². The fraction of sp³-hybridized carbons (Fsp3) is 0.0800. The minimum atomic E-state index is -0.907. The number of methoxy groups -OCH3 is 1. The molecule has 0 bridgehead atoms. The number of amides is 4. The van der Waals surface area contributed by atoms with Gasteiger partial charge in [-0.2, -0.15) is 0 Å². The SMILES string of the molecule is COc1ccc(/C=C2\C(=O)NC(=O)N(c3ccc(F)cc3)C2=O)cc1OCc1ccccc1. The van der Waals surface area contributed by atoms with Crippen LogP contribution in [0.5, 0.6) is 11.5 Å². The van der Waals surface area contributed by atoms with Gasteiger partial charge in [0.05, 0.1) is 12.8 Å². The Morgan fingerprint density at radius 2 is 1.67 bits per heavy atom. The van der Waals surface area contributed by atoms with Crippen molar-refractivity contribution in [1.29, 1.82) is 0 Å². The van der Waals surface area contributed by atoms with Gasteiger partial charge < -0.3 is 9.47 Å². The summed E-state index contributed by atoms with van der Waals surface area (Å²) in [6.45, 7) is 0.295. The van der Waals surface area contributed by atoms with Crippen LogP contribution in [0.2, 0.25) is 0 Å². The number of imide groups is 2. The summed E-state index contributed by atoms with van der Waals surface area (Å²) in [6, 6.07) is 18.4. The third-order valence-corrected chi connectivity index (χ3v) is 4.92. The van der Waals surface area contributed by atoms with Crippen LogP contribution < -0.4 is 19.7 Å². The Kier molecular flexibility index (Phi) is 6.17. The number of hydrogen-bond donors (Lipinski definition) is 1. The van der Waals surface area contributed by atoms with Gasteiger partial charge in [-0.05, 0) is 53.6 Å². The highest BCUT2D eigenvalue weighted by molar-refractivity contribution is 6.39. The van der Waals surface area contributed by atoms with Crippen LogP contribution in [0.1, 0.15) is 11.1 Å². The van der Waals surface area contributed by atoms with E-state index < -0.39 is 23.7 Å². The Morgan fingerprint density at radius 3 is 2.36 bits per heavy atom. The van der Waals surface area contributed by atoms with E-state index in [-0.39, 0.29) is 11.3 Å². The first-order valence-corrected chi connectivity index (χ1v) is 9.98. The third-order valence-electron chi connectivity index (χ3n) is 4.92. The number of hydrogen-bond acceptors (Lipinski definition) is 5. The van der Waals surface area contributed by atoms with Gasteiger partial charge >= 0.3 is 6.03 Å². The first kappa shape index (κ1) is 21.8. The predicted molar refractivity (Wildman–Crippen MR) is 119 cm³/mol. The number of nitrogens with one attached hydrogen (secondary N) is 1. The molecule has 0 saturated carbocycles. The summed E-state index contributed by atoms with van der Waals surface area (Å²) in [7, 11) is 1.51. The Bertz CT molecular complexity index is 1240. The zero-order chi connectivity index (χ0) is 23.4. The van der Waals surface area contributed by atoms with Crippen LogP contribution in [0.15, 0.2) is 78.4 Å². The van der Waals surface area contributed by atoms with E-state index in [1.54, 1.807) is 18.2 Å². The van der Waals surface area contributed by atoms with Crippen LogP contribution in [-0.2, 0) is 16.2 Å². The van der Waals surface area contributed by atoms with Crippen LogP contribution in [0, 0.1) is 5.82 Å². The second-order valence-electron chi connectivity index (χ2n) is 7.12. The maximum atomic E-state index is 13.3. The number of carbonyl (C=O) groups excluding carboxylic acids is 3. The molecule has 1 fully saturated rings. The lowest BCUT2D eigenvalue weighted by atomic mass is 10.1. The van der Waals surface area contributed by atoms with Crippen molar-refractivity contribution < 1.29 is 28.2 Å². The minimum Gasteiger partial charge on any atom is -0.493 e. The van der Waals surface area contributed by atoms with E-state index in [0.29, 0.717) is 23.7 Å². The molecule has 3 aromatic carbocycles. The average Bonchev–Trinajstić information content (AvgIpc) is 2.82. The third kappa shape index (κ3) is 4.74. The van der Waals surface area contributed by atoms with Crippen LogP contribution in [0.4, 0.5) is 14.9 Å². The second kappa shape index (κ2) is 9.35. The van der Waals surface area contributed by atoms with Crippen LogP contribution >= 0.6 is 0 Å². The number of urea groups is 1. The maximum Gasteiger partial charge on any atom is 0.335 e. The molecule has 33 heavy (non-hydrogen) atoms. The van der Waals surface area contributed by atoms with Gasteiger partial charge in [0.15, 0.2) is 11.5 Å². The molecule has 0 aromatic heterocycles. The van der Waals surface area contributed by atoms with Crippen LogP contribution in [-0.4, -0.2) is 25.0 Å². The van der Waals surface area contributed by atoms with Gasteiger partial charge in [0.25, 0.3) is 11.8 Å². The lowest BCUT2D eigenvalue weighted by Crippen LogP contribution is -2.54. The number of rotatable bonds is 6. The van der Waals surface area contributed by atoms with E-state index >= 15 is 0 Å². The summed E-state index contributed by atoms with van der Waals surface area (Å²) in [5.74, 6) is -1.26. The number of barbiturate groups is 1. The maximum absolute atomic E-state index is 13.3. The van der Waals surface area contributed by atoms with Crippen molar-refractivity contribution >= 4 is 29.6 Å². The van der Waals surface area contributed by atoms with Crippen LogP contribution in [0.3, 0.4) is 0 Å². The van der Waals surface area contributed by atoms with Crippen LogP contribution in [0.25, 0.3) is 6.08 Å². The highest BCUT2D eigenvalue weighted by atomic mass is 19.1.